The van der Waals surface area contributed by atoms with E-state index in [1.54, 1.807) is 24.4 Å². The summed E-state index contributed by atoms with van der Waals surface area (Å²) in [4.78, 5) is 31.4. The van der Waals surface area contributed by atoms with Crippen molar-refractivity contribution in [2.45, 2.75) is 44.8 Å². The first-order chi connectivity index (χ1) is 19.1. The molecule has 0 bridgehead atoms. The van der Waals surface area contributed by atoms with Crippen molar-refractivity contribution in [3.63, 3.8) is 0 Å². The molecule has 2 N–H and O–H groups in total. The molecular formula is C28H29F3N4O3S2. The van der Waals surface area contributed by atoms with Crippen LogP contribution in [-0.4, -0.2) is 64.7 Å². The molecule has 2 saturated heterocycles. The second-order valence-corrected chi connectivity index (χ2v) is 11.9. The number of amides is 2. The van der Waals surface area contributed by atoms with Crippen molar-refractivity contribution in [1.82, 2.24) is 15.2 Å². The van der Waals surface area contributed by atoms with Gasteiger partial charge in [-0.2, -0.15) is 18.3 Å². The SMILES string of the molecule is C/C(=N\NC(=O)c1ccc(C(=O)N2CCC(N3CCCC3)CC2)s1)c1csc(-c2ccc(C(F)(F)F)cc2)c1O. The van der Waals surface area contributed by atoms with Gasteiger partial charge in [-0.15, -0.1) is 22.7 Å². The molecule has 0 saturated carbocycles. The molecule has 2 aliphatic rings. The number of hydrogen-bond donors (Lipinski definition) is 2. The minimum Gasteiger partial charge on any atom is -0.506 e. The number of carbonyl (C=O) groups is 2. The zero-order valence-electron chi connectivity index (χ0n) is 21.8. The van der Waals surface area contributed by atoms with Crippen LogP contribution in [0.25, 0.3) is 10.4 Å². The van der Waals surface area contributed by atoms with Gasteiger partial charge in [0.1, 0.15) is 5.75 Å². The first-order valence-corrected chi connectivity index (χ1v) is 14.8. The third-order valence-corrected chi connectivity index (χ3v) is 9.49. The normalized spacial score (nSPS) is 17.4. The maximum absolute atomic E-state index is 13.0. The van der Waals surface area contributed by atoms with Crippen LogP contribution in [0.2, 0.25) is 0 Å². The Morgan fingerprint density at radius 3 is 2.30 bits per heavy atom. The van der Waals surface area contributed by atoms with Crippen LogP contribution in [0.4, 0.5) is 13.2 Å². The molecular weight excluding hydrogens is 561 g/mol. The Balaban J connectivity index is 1.19. The van der Waals surface area contributed by atoms with Crippen molar-refractivity contribution in [3.8, 4) is 16.2 Å². The van der Waals surface area contributed by atoms with E-state index in [0.29, 0.717) is 50.6 Å². The fourth-order valence-corrected chi connectivity index (χ4v) is 7.02. The highest BCUT2D eigenvalue weighted by Crippen LogP contribution is 2.40. The summed E-state index contributed by atoms with van der Waals surface area (Å²) in [5.74, 6) is -0.672. The van der Waals surface area contributed by atoms with Gasteiger partial charge < -0.3 is 14.9 Å². The van der Waals surface area contributed by atoms with E-state index in [0.717, 1.165) is 60.7 Å². The number of nitrogens with one attached hydrogen (secondary N) is 1. The van der Waals surface area contributed by atoms with E-state index in [2.05, 4.69) is 15.4 Å². The summed E-state index contributed by atoms with van der Waals surface area (Å²) in [7, 11) is 0. The van der Waals surface area contributed by atoms with Gasteiger partial charge in [-0.3, -0.25) is 9.59 Å². The number of thiophene rings is 2. The van der Waals surface area contributed by atoms with E-state index in [-0.39, 0.29) is 11.7 Å². The number of nitrogens with zero attached hydrogens (tertiary/aromatic N) is 3. The molecule has 5 rings (SSSR count). The number of halogens is 3. The predicted molar refractivity (Wildman–Crippen MR) is 150 cm³/mol. The number of rotatable bonds is 6. The largest absolute Gasteiger partial charge is 0.506 e. The Morgan fingerprint density at radius 1 is 1.00 bits per heavy atom. The van der Waals surface area contributed by atoms with Crippen LogP contribution in [-0.2, 0) is 6.18 Å². The van der Waals surface area contributed by atoms with Crippen LogP contribution >= 0.6 is 22.7 Å². The average Bonchev–Trinajstić information content (AvgIpc) is 3.72. The lowest BCUT2D eigenvalue weighted by atomic mass is 10.0. The summed E-state index contributed by atoms with van der Waals surface area (Å²) in [5.41, 5.74) is 2.82. The molecule has 212 valence electrons. The minimum atomic E-state index is -4.44. The minimum absolute atomic E-state index is 0.0670. The highest BCUT2D eigenvalue weighted by molar-refractivity contribution is 7.16. The molecule has 0 spiro atoms. The Kier molecular flexibility index (Phi) is 8.29. The van der Waals surface area contributed by atoms with Crippen LogP contribution in [0.3, 0.4) is 0 Å². The zero-order valence-corrected chi connectivity index (χ0v) is 23.5. The Bertz CT molecular complexity index is 1400. The first kappa shape index (κ1) is 28.3. The summed E-state index contributed by atoms with van der Waals surface area (Å²) in [5, 5.41) is 16.4. The Morgan fingerprint density at radius 2 is 1.65 bits per heavy atom. The van der Waals surface area contributed by atoms with E-state index >= 15 is 0 Å². The lowest BCUT2D eigenvalue weighted by molar-refractivity contribution is -0.137. The molecule has 0 aliphatic carbocycles. The van der Waals surface area contributed by atoms with Gasteiger partial charge in [0, 0.05) is 24.5 Å². The Hall–Kier alpha value is -3.22. The van der Waals surface area contributed by atoms with Gasteiger partial charge in [-0.25, -0.2) is 5.43 Å². The van der Waals surface area contributed by atoms with E-state index < -0.39 is 17.6 Å². The third kappa shape index (κ3) is 6.08. The van der Waals surface area contributed by atoms with Gasteiger partial charge in [0.15, 0.2) is 0 Å². The number of hydrazone groups is 1. The predicted octanol–water partition coefficient (Wildman–Crippen LogP) is 6.06. The quantitative estimate of drug-likeness (QED) is 0.270. The van der Waals surface area contributed by atoms with E-state index in [9.17, 15) is 27.9 Å². The number of benzene rings is 1. The first-order valence-electron chi connectivity index (χ1n) is 13.1. The number of hydrogen-bond acceptors (Lipinski definition) is 7. The fraction of sp³-hybridized carbons (Fsp3) is 0.393. The fourth-order valence-electron chi connectivity index (χ4n) is 5.15. The molecule has 2 amide bonds. The zero-order chi connectivity index (χ0) is 28.4. The van der Waals surface area contributed by atoms with Crippen molar-refractivity contribution in [1.29, 1.82) is 0 Å². The van der Waals surface area contributed by atoms with E-state index in [1.165, 1.54) is 25.0 Å². The van der Waals surface area contributed by atoms with E-state index in [1.807, 2.05) is 4.90 Å². The third-order valence-electron chi connectivity index (χ3n) is 7.40. The number of alkyl halides is 3. The molecule has 1 aromatic carbocycles. The lowest BCUT2D eigenvalue weighted by Crippen LogP contribution is -2.45. The van der Waals surface area contributed by atoms with Crippen LogP contribution < -0.4 is 5.43 Å². The van der Waals surface area contributed by atoms with Crippen LogP contribution in [0.5, 0.6) is 5.75 Å². The Labute approximate surface area is 237 Å². The summed E-state index contributed by atoms with van der Waals surface area (Å²) in [6, 6.07) is 8.34. The maximum Gasteiger partial charge on any atom is 0.416 e. The highest BCUT2D eigenvalue weighted by atomic mass is 32.1. The van der Waals surface area contributed by atoms with Gasteiger partial charge in [-0.05, 0) is 75.5 Å². The standard InChI is InChI=1S/C28H29F3N4O3S2/c1-17(21-16-39-25(24(21)36)18-4-6-19(7-5-18)28(29,30)31)32-33-26(37)22-8-9-23(40-22)27(38)35-14-10-20(11-15-35)34-12-2-3-13-34/h4-9,16,20,36H,2-3,10-15H2,1H3,(H,33,37)/b32-17+. The van der Waals surface area contributed by atoms with Gasteiger partial charge in [0.05, 0.1) is 31.5 Å². The van der Waals surface area contributed by atoms with Crippen LogP contribution in [0.15, 0.2) is 46.9 Å². The number of aromatic hydroxyl groups is 1. The molecule has 0 radical (unpaired) electrons. The smallest absolute Gasteiger partial charge is 0.416 e. The van der Waals surface area contributed by atoms with E-state index in [4.69, 9.17) is 0 Å². The van der Waals surface area contributed by atoms with Crippen molar-refractivity contribution >= 4 is 40.2 Å². The summed E-state index contributed by atoms with van der Waals surface area (Å²) >= 11 is 2.27. The van der Waals surface area contributed by atoms with Crippen LogP contribution in [0.1, 0.15) is 63.1 Å². The molecule has 4 heterocycles. The molecule has 0 unspecified atom stereocenters. The summed E-state index contributed by atoms with van der Waals surface area (Å²) in [6.07, 6.45) is -0.00563. The van der Waals surface area contributed by atoms with Gasteiger partial charge in [-0.1, -0.05) is 12.1 Å². The molecule has 2 aromatic heterocycles. The van der Waals surface area contributed by atoms with Crippen molar-refractivity contribution in [2.75, 3.05) is 26.2 Å². The molecule has 3 aromatic rings. The molecule has 0 atom stereocenters. The molecule has 2 aliphatic heterocycles. The molecule has 12 heteroatoms. The number of piperidine rings is 1. The van der Waals surface area contributed by atoms with Gasteiger partial charge in [0.25, 0.3) is 11.8 Å². The average molecular weight is 591 g/mol. The van der Waals surface area contributed by atoms with Gasteiger partial charge >= 0.3 is 6.18 Å². The van der Waals surface area contributed by atoms with Crippen molar-refractivity contribution in [3.05, 3.63) is 62.7 Å². The second-order valence-electron chi connectivity index (χ2n) is 9.97. The number of carbonyl (C=O) groups excluding carboxylic acids is 2. The monoisotopic (exact) mass is 590 g/mol. The van der Waals surface area contributed by atoms with Gasteiger partial charge in [0.2, 0.25) is 0 Å². The van der Waals surface area contributed by atoms with Crippen molar-refractivity contribution < 1.29 is 27.9 Å². The molecule has 40 heavy (non-hydrogen) atoms. The van der Waals surface area contributed by atoms with Crippen molar-refractivity contribution in [2.24, 2.45) is 5.10 Å². The topological polar surface area (TPSA) is 85.2 Å². The summed E-state index contributed by atoms with van der Waals surface area (Å²) in [6.45, 7) is 5.32. The summed E-state index contributed by atoms with van der Waals surface area (Å²) < 4.78 is 38.6. The number of likely N-dealkylation sites (tertiary alicyclic amines) is 2. The van der Waals surface area contributed by atoms with Crippen LogP contribution in [0, 0.1) is 0 Å². The molecule has 7 nitrogen and oxygen atoms in total. The maximum atomic E-state index is 13.0. The lowest BCUT2D eigenvalue weighted by Gasteiger charge is -2.36. The second kappa shape index (κ2) is 11.7. The highest BCUT2D eigenvalue weighted by Gasteiger charge is 2.31. The molecule has 2 fully saturated rings.